The molecule has 5 saturated carbocycles. The predicted octanol–water partition coefficient (Wildman–Crippen LogP) is 7.81. The van der Waals surface area contributed by atoms with Crippen molar-refractivity contribution in [1.82, 2.24) is 0 Å². The van der Waals surface area contributed by atoms with Gasteiger partial charge in [0.25, 0.3) is 0 Å². The Morgan fingerprint density at radius 3 is 2.13 bits per heavy atom. The third-order valence-electron chi connectivity index (χ3n) is 13.7. The van der Waals surface area contributed by atoms with E-state index in [4.69, 9.17) is 0 Å². The van der Waals surface area contributed by atoms with Gasteiger partial charge in [-0.3, -0.25) is 4.79 Å². The van der Waals surface area contributed by atoms with E-state index in [2.05, 4.69) is 48.5 Å². The average Bonchev–Trinajstić information content (AvgIpc) is 3.04. The van der Waals surface area contributed by atoms with E-state index < -0.39 is 5.97 Å². The van der Waals surface area contributed by atoms with Crippen LogP contribution in [0, 0.1) is 62.6 Å². The van der Waals surface area contributed by atoms with Crippen LogP contribution < -0.4 is 0 Å². The van der Waals surface area contributed by atoms with E-state index in [-0.39, 0.29) is 11.3 Å². The van der Waals surface area contributed by atoms with Gasteiger partial charge in [0, 0.05) is 0 Å². The fourth-order valence-electron chi connectivity index (χ4n) is 11.4. The van der Waals surface area contributed by atoms with Gasteiger partial charge in [0.05, 0.1) is 5.92 Å². The summed E-state index contributed by atoms with van der Waals surface area (Å²) in [4.78, 5) is 12.3. The molecule has 0 aromatic rings. The Morgan fingerprint density at radius 1 is 0.742 bits per heavy atom. The van der Waals surface area contributed by atoms with Crippen LogP contribution in [0.15, 0.2) is 0 Å². The summed E-state index contributed by atoms with van der Waals surface area (Å²) in [6.07, 6.45) is 12.8. The summed E-state index contributed by atoms with van der Waals surface area (Å²) in [7, 11) is 0. The molecule has 2 nitrogen and oxygen atoms in total. The first-order valence-corrected chi connectivity index (χ1v) is 13.5. The van der Waals surface area contributed by atoms with Gasteiger partial charge in [0.1, 0.15) is 0 Å². The van der Waals surface area contributed by atoms with E-state index in [1.54, 1.807) is 0 Å². The number of rotatable bonds is 1. The number of carboxylic acid groups (broad SMARTS) is 1. The molecule has 4 unspecified atom stereocenters. The second-order valence-electron chi connectivity index (χ2n) is 14.6. The minimum atomic E-state index is -0.510. The maximum absolute atomic E-state index is 12.3. The lowest BCUT2D eigenvalue weighted by molar-refractivity contribution is -0.241. The van der Waals surface area contributed by atoms with Crippen LogP contribution in [0.25, 0.3) is 0 Å². The second-order valence-corrected chi connectivity index (χ2v) is 14.6. The molecule has 0 aliphatic heterocycles. The van der Waals surface area contributed by atoms with E-state index in [1.165, 1.54) is 51.4 Å². The molecular formula is C29H48O2. The molecule has 2 heteroatoms. The number of carboxylic acids is 1. The molecular weight excluding hydrogens is 380 g/mol. The third-order valence-corrected chi connectivity index (χ3v) is 13.7. The SMILES string of the molecule is C[C@H]1CC[C@@]2(C)C(CC[C@]3(C)C2CCC2C4[C@H](C(=O)O)CC[C@]4(C)CC[C@]23C)C1(C)C. The second kappa shape index (κ2) is 6.53. The number of carbonyl (C=O) groups is 1. The van der Waals surface area contributed by atoms with Crippen LogP contribution in [0.4, 0.5) is 0 Å². The van der Waals surface area contributed by atoms with Gasteiger partial charge < -0.3 is 5.11 Å². The summed E-state index contributed by atoms with van der Waals surface area (Å²) >= 11 is 0. The average molecular weight is 429 g/mol. The van der Waals surface area contributed by atoms with Crippen molar-refractivity contribution in [3.63, 3.8) is 0 Å². The van der Waals surface area contributed by atoms with Crippen LogP contribution in [0.5, 0.6) is 0 Å². The molecule has 5 fully saturated rings. The first kappa shape index (κ1) is 22.3. The maximum Gasteiger partial charge on any atom is 0.306 e. The Hall–Kier alpha value is -0.530. The van der Waals surface area contributed by atoms with Crippen LogP contribution in [-0.4, -0.2) is 11.1 Å². The van der Waals surface area contributed by atoms with Gasteiger partial charge in [-0.1, -0.05) is 48.5 Å². The third kappa shape index (κ3) is 2.60. The lowest BCUT2D eigenvalue weighted by Gasteiger charge is -2.73. The Bertz CT molecular complexity index is 771. The van der Waals surface area contributed by atoms with Gasteiger partial charge in [-0.15, -0.1) is 0 Å². The van der Waals surface area contributed by atoms with Crippen LogP contribution in [0.1, 0.15) is 113 Å². The van der Waals surface area contributed by atoms with Crippen molar-refractivity contribution < 1.29 is 9.90 Å². The monoisotopic (exact) mass is 428 g/mol. The summed E-state index contributed by atoms with van der Waals surface area (Å²) in [5.41, 5.74) is 1.83. The van der Waals surface area contributed by atoms with E-state index in [9.17, 15) is 9.90 Å². The normalized spacial score (nSPS) is 57.9. The Morgan fingerprint density at radius 2 is 1.45 bits per heavy atom. The highest BCUT2D eigenvalue weighted by Crippen LogP contribution is 2.77. The van der Waals surface area contributed by atoms with Crippen molar-refractivity contribution in [2.24, 2.45) is 62.6 Å². The number of hydrogen-bond acceptors (Lipinski definition) is 1. The van der Waals surface area contributed by atoms with Crippen molar-refractivity contribution in [3.8, 4) is 0 Å². The number of aliphatic carboxylic acids is 1. The molecule has 1 N–H and O–H groups in total. The van der Waals surface area contributed by atoms with Gasteiger partial charge in [-0.2, -0.15) is 0 Å². The van der Waals surface area contributed by atoms with Crippen LogP contribution in [0.3, 0.4) is 0 Å². The summed E-state index contributed by atoms with van der Waals surface area (Å²) in [5, 5.41) is 10.1. The minimum absolute atomic E-state index is 0.101. The van der Waals surface area contributed by atoms with Gasteiger partial charge in [-0.05, 0) is 121 Å². The van der Waals surface area contributed by atoms with Gasteiger partial charge in [-0.25, -0.2) is 0 Å². The highest BCUT2D eigenvalue weighted by atomic mass is 16.4. The summed E-state index contributed by atoms with van der Waals surface area (Å²) < 4.78 is 0. The zero-order valence-electron chi connectivity index (χ0n) is 21.4. The fourth-order valence-corrected chi connectivity index (χ4v) is 11.4. The van der Waals surface area contributed by atoms with E-state index >= 15 is 0 Å². The Kier molecular flexibility index (Phi) is 4.69. The van der Waals surface area contributed by atoms with E-state index in [1.807, 2.05) is 0 Å². The molecule has 5 aliphatic carbocycles. The molecule has 0 radical (unpaired) electrons. The highest BCUT2D eigenvalue weighted by Gasteiger charge is 2.70. The number of fused-ring (bicyclic) bond motifs is 7. The van der Waals surface area contributed by atoms with E-state index in [0.717, 1.165) is 30.6 Å². The molecule has 0 saturated heterocycles. The molecule has 0 bridgehead atoms. The quantitative estimate of drug-likeness (QED) is 0.462. The first-order chi connectivity index (χ1) is 14.3. The molecule has 10 atom stereocenters. The minimum Gasteiger partial charge on any atom is -0.481 e. The Balaban J connectivity index is 1.54. The molecule has 5 aliphatic rings. The molecule has 0 aromatic carbocycles. The van der Waals surface area contributed by atoms with Crippen LogP contribution in [-0.2, 0) is 4.79 Å². The lowest BCUT2D eigenvalue weighted by atomic mass is 9.32. The van der Waals surface area contributed by atoms with Crippen molar-refractivity contribution in [2.45, 2.75) is 113 Å². The van der Waals surface area contributed by atoms with Crippen molar-refractivity contribution in [1.29, 1.82) is 0 Å². The fraction of sp³-hybridized carbons (Fsp3) is 0.966. The zero-order valence-corrected chi connectivity index (χ0v) is 21.4. The van der Waals surface area contributed by atoms with E-state index in [0.29, 0.717) is 33.5 Å². The smallest absolute Gasteiger partial charge is 0.306 e. The largest absolute Gasteiger partial charge is 0.481 e. The van der Waals surface area contributed by atoms with Crippen molar-refractivity contribution in [3.05, 3.63) is 0 Å². The van der Waals surface area contributed by atoms with Crippen molar-refractivity contribution >= 4 is 5.97 Å². The molecule has 176 valence electrons. The molecule has 0 amide bonds. The highest BCUT2D eigenvalue weighted by molar-refractivity contribution is 5.71. The van der Waals surface area contributed by atoms with Crippen molar-refractivity contribution in [2.75, 3.05) is 0 Å². The number of hydrogen-bond donors (Lipinski definition) is 1. The first-order valence-electron chi connectivity index (χ1n) is 13.5. The van der Waals surface area contributed by atoms with Gasteiger partial charge in [0.15, 0.2) is 0 Å². The predicted molar refractivity (Wildman–Crippen MR) is 127 cm³/mol. The molecule has 0 spiro atoms. The maximum atomic E-state index is 12.3. The molecule has 5 rings (SSSR count). The topological polar surface area (TPSA) is 37.3 Å². The lowest BCUT2D eigenvalue weighted by Crippen LogP contribution is -2.66. The summed E-state index contributed by atoms with van der Waals surface area (Å²) in [6, 6.07) is 0. The molecule has 0 heterocycles. The Labute approximate surface area is 191 Å². The standard InChI is InChI=1S/C29H48O2/c1-18-10-14-27(5)21(25(18,2)3)12-15-29(7)22(27)9-8-20-23-19(24(30)31)11-13-26(23,4)16-17-28(20,29)6/h18-23H,8-17H2,1-7H3,(H,30,31)/t18-,19+,20?,21?,22?,23?,26+,27-,28+,29+/m0/s1. The van der Waals surface area contributed by atoms with Crippen LogP contribution in [0.2, 0.25) is 0 Å². The van der Waals surface area contributed by atoms with Gasteiger partial charge in [0.2, 0.25) is 0 Å². The van der Waals surface area contributed by atoms with Crippen LogP contribution >= 0.6 is 0 Å². The molecule has 31 heavy (non-hydrogen) atoms. The zero-order chi connectivity index (χ0) is 22.6. The summed E-state index contributed by atoms with van der Waals surface area (Å²) in [5.74, 6) is 2.86. The summed E-state index contributed by atoms with van der Waals surface area (Å²) in [6.45, 7) is 18.1. The molecule has 0 aromatic heterocycles. The van der Waals surface area contributed by atoms with Gasteiger partial charge >= 0.3 is 5.97 Å².